The van der Waals surface area contributed by atoms with E-state index in [1.165, 1.54) is 7.11 Å². The molecule has 0 unspecified atom stereocenters. The van der Waals surface area contributed by atoms with Gasteiger partial charge >= 0.3 is 6.09 Å². The fourth-order valence-corrected chi connectivity index (χ4v) is 9.02. The van der Waals surface area contributed by atoms with Gasteiger partial charge in [0.2, 0.25) is 11.8 Å². The first-order valence-corrected chi connectivity index (χ1v) is 20.6. The second-order valence-corrected chi connectivity index (χ2v) is 17.8. The molecule has 4 aliphatic rings. The maximum absolute atomic E-state index is 13.8. The second kappa shape index (κ2) is 21.5. The highest BCUT2D eigenvalue weighted by Crippen LogP contribution is 2.58. The summed E-state index contributed by atoms with van der Waals surface area (Å²) >= 11 is 0. The quantitative estimate of drug-likeness (QED) is 0.154. The molecule has 3 amide bonds. The lowest BCUT2D eigenvalue weighted by molar-refractivity contribution is -0.138. The predicted octanol–water partition coefficient (Wildman–Crippen LogP) is 7.71. The standard InChI is InChI=1S/C45H55N7O5.5H2S/c1-27(2)29(5)41(53)51-25-45(16-7-19-57-26-45)22-37(51)40-47-33-15-12-31(20-34(33)48-40)9-8-30-10-13-32(14-11-30)35-23-46-39(49-35)36-21-44(17-18-44)24-52(36)42(54)38(28(3)4)50-43(55)56-6;;;;;/h10-15,20,23,27-29,36-38H,7,16-19,21-22,24-26H2,1-6H3,(H,46,49)(H,47,48)(H,50,55);5*1H2/t29-,36-,37-,38-,45-;;;;;/m0...../s1. The number of imidazole rings is 2. The molecule has 3 N–H and O–H groups in total. The zero-order valence-corrected chi connectivity index (χ0v) is 41.5. The number of likely N-dealkylation sites (tertiary alicyclic amines) is 2. The number of benzene rings is 2. The van der Waals surface area contributed by atoms with E-state index >= 15 is 0 Å². The molecule has 3 saturated heterocycles. The molecule has 3 aliphatic heterocycles. The Morgan fingerprint density at radius 1 is 0.806 bits per heavy atom. The van der Waals surface area contributed by atoms with Crippen molar-refractivity contribution in [2.45, 2.75) is 91.3 Å². The number of carbonyl (C=O) groups is 3. The fourth-order valence-electron chi connectivity index (χ4n) is 9.02. The molecule has 2 aromatic heterocycles. The monoisotopic (exact) mass is 943 g/mol. The summed E-state index contributed by atoms with van der Waals surface area (Å²) in [6.45, 7) is 12.9. The minimum atomic E-state index is -0.682. The molecule has 1 aliphatic carbocycles. The van der Waals surface area contributed by atoms with Crippen molar-refractivity contribution >= 4 is 96.4 Å². The van der Waals surface area contributed by atoms with E-state index in [-0.39, 0.29) is 120 Å². The summed E-state index contributed by atoms with van der Waals surface area (Å²) in [5.74, 6) is 8.39. The lowest BCUT2D eigenvalue weighted by Crippen LogP contribution is -2.51. The summed E-state index contributed by atoms with van der Waals surface area (Å²) in [6.07, 6.45) is 7.17. The smallest absolute Gasteiger partial charge is 0.407 e. The first kappa shape index (κ1) is 52.9. The van der Waals surface area contributed by atoms with Crippen molar-refractivity contribution < 1.29 is 23.9 Å². The summed E-state index contributed by atoms with van der Waals surface area (Å²) in [7, 11) is 1.31. The lowest BCUT2D eigenvalue weighted by atomic mass is 9.80. The van der Waals surface area contributed by atoms with Gasteiger partial charge in [-0.25, -0.2) is 14.8 Å². The van der Waals surface area contributed by atoms with Crippen molar-refractivity contribution in [2.24, 2.45) is 28.6 Å². The van der Waals surface area contributed by atoms with Crippen molar-refractivity contribution in [2.75, 3.05) is 33.4 Å². The number of aromatic nitrogens is 4. The van der Waals surface area contributed by atoms with Gasteiger partial charge < -0.3 is 34.6 Å². The SMILES string of the molecule is COC(=O)N[C@H](C(=O)N1CC2(CC2)C[C@H]1c1ncc(-c2ccc(C#Cc3ccc4nc([C@@H]5C[C@@]6(CCCOC6)CN5C(=O)[C@@H](C)C(C)C)[nH]c4c3)cc2)[nH]1)C(C)C.S.S.S.S.S. The number of alkyl carbamates (subject to hydrolysis) is 1. The number of aromatic amines is 2. The molecule has 62 heavy (non-hydrogen) atoms. The van der Waals surface area contributed by atoms with Crippen molar-refractivity contribution in [3.05, 3.63) is 71.4 Å². The van der Waals surface area contributed by atoms with Crippen LogP contribution in [0.2, 0.25) is 0 Å². The zero-order chi connectivity index (χ0) is 40.1. The van der Waals surface area contributed by atoms with Gasteiger partial charge in [-0.15, -0.1) is 0 Å². The Labute approximate surface area is 400 Å². The molecular formula is C45H65N7O5S5. The number of carbonyl (C=O) groups excluding carboxylic acids is 3. The van der Waals surface area contributed by atoms with E-state index in [9.17, 15) is 14.4 Å². The highest BCUT2D eigenvalue weighted by Gasteiger charge is 2.55. The van der Waals surface area contributed by atoms with Gasteiger partial charge in [-0.1, -0.05) is 58.6 Å². The van der Waals surface area contributed by atoms with E-state index in [4.69, 9.17) is 19.4 Å². The zero-order valence-electron chi connectivity index (χ0n) is 36.5. The van der Waals surface area contributed by atoms with Crippen LogP contribution >= 0.6 is 67.5 Å². The number of nitrogens with one attached hydrogen (secondary N) is 3. The molecule has 0 bridgehead atoms. The number of fused-ring (bicyclic) bond motifs is 1. The van der Waals surface area contributed by atoms with Gasteiger partial charge in [-0.3, -0.25) is 9.59 Å². The van der Waals surface area contributed by atoms with Crippen LogP contribution < -0.4 is 5.32 Å². The van der Waals surface area contributed by atoms with Crippen LogP contribution in [0.5, 0.6) is 0 Å². The van der Waals surface area contributed by atoms with Gasteiger partial charge in [0.1, 0.15) is 17.7 Å². The Morgan fingerprint density at radius 2 is 1.44 bits per heavy atom. The van der Waals surface area contributed by atoms with Crippen LogP contribution in [-0.2, 0) is 19.1 Å². The summed E-state index contributed by atoms with van der Waals surface area (Å²) in [6, 6.07) is 13.1. The fraction of sp³-hybridized carbons (Fsp3) is 0.533. The maximum Gasteiger partial charge on any atom is 0.407 e. The summed E-state index contributed by atoms with van der Waals surface area (Å²) < 4.78 is 10.8. The molecular weight excluding hydrogens is 879 g/mol. The predicted molar refractivity (Wildman–Crippen MR) is 268 cm³/mol. The van der Waals surface area contributed by atoms with Gasteiger partial charge in [0.05, 0.1) is 48.7 Å². The van der Waals surface area contributed by atoms with E-state index in [1.807, 2.05) is 74.3 Å². The number of H-pyrrole nitrogens is 2. The summed E-state index contributed by atoms with van der Waals surface area (Å²) in [5.41, 5.74) is 5.45. The molecule has 5 atom stereocenters. The van der Waals surface area contributed by atoms with E-state index in [0.29, 0.717) is 19.7 Å². The number of methoxy groups -OCH3 is 1. The second-order valence-electron chi connectivity index (χ2n) is 17.8. The molecule has 12 nitrogen and oxygen atoms in total. The maximum atomic E-state index is 13.8. The molecule has 2 spiro atoms. The van der Waals surface area contributed by atoms with Gasteiger partial charge in [-0.2, -0.15) is 67.5 Å². The third kappa shape index (κ3) is 10.9. The highest BCUT2D eigenvalue weighted by molar-refractivity contribution is 7.60. The summed E-state index contributed by atoms with van der Waals surface area (Å²) in [4.78, 5) is 60.5. The lowest BCUT2D eigenvalue weighted by Gasteiger charge is -2.33. The highest BCUT2D eigenvalue weighted by atomic mass is 32.1. The third-order valence-corrected chi connectivity index (χ3v) is 13.0. The van der Waals surface area contributed by atoms with Crippen molar-refractivity contribution in [3.63, 3.8) is 0 Å². The molecule has 4 fully saturated rings. The van der Waals surface area contributed by atoms with E-state index in [2.05, 4.69) is 45.9 Å². The Hall–Kier alpha value is -3.40. The number of hydrogen-bond acceptors (Lipinski definition) is 7. The van der Waals surface area contributed by atoms with Crippen LogP contribution in [0.4, 0.5) is 4.79 Å². The average Bonchev–Trinajstić information content (AvgIpc) is 3.61. The third-order valence-electron chi connectivity index (χ3n) is 13.0. The Balaban J connectivity index is 0.00000205. The van der Waals surface area contributed by atoms with Crippen LogP contribution in [0.15, 0.2) is 48.7 Å². The number of amides is 3. The van der Waals surface area contributed by atoms with E-state index in [1.54, 1.807) is 0 Å². The average molecular weight is 944 g/mol. The van der Waals surface area contributed by atoms with Crippen molar-refractivity contribution in [3.8, 4) is 23.1 Å². The minimum Gasteiger partial charge on any atom is -0.453 e. The van der Waals surface area contributed by atoms with Crippen LogP contribution in [0.3, 0.4) is 0 Å². The Kier molecular flexibility index (Phi) is 18.4. The van der Waals surface area contributed by atoms with Gasteiger partial charge in [0.25, 0.3) is 0 Å². The molecule has 0 radical (unpaired) electrons. The first-order valence-electron chi connectivity index (χ1n) is 20.6. The van der Waals surface area contributed by atoms with Crippen LogP contribution in [0.25, 0.3) is 22.3 Å². The number of hydrogen-bond donors (Lipinski definition) is 3. The normalized spacial score (nSPS) is 21.7. The molecule has 5 heterocycles. The van der Waals surface area contributed by atoms with E-state index < -0.39 is 12.1 Å². The van der Waals surface area contributed by atoms with Crippen LogP contribution in [0, 0.1) is 40.4 Å². The Bertz CT molecular complexity index is 2230. The van der Waals surface area contributed by atoms with Crippen LogP contribution in [-0.4, -0.2) is 87.1 Å². The van der Waals surface area contributed by atoms with Crippen LogP contribution in [0.1, 0.15) is 108 Å². The molecule has 4 aromatic rings. The van der Waals surface area contributed by atoms with Crippen molar-refractivity contribution in [1.82, 2.24) is 35.1 Å². The first-order chi connectivity index (χ1) is 27.4. The molecule has 1 saturated carbocycles. The Morgan fingerprint density at radius 3 is 2.06 bits per heavy atom. The van der Waals surface area contributed by atoms with Gasteiger partial charge in [-0.05, 0) is 91.7 Å². The van der Waals surface area contributed by atoms with Gasteiger partial charge in [0, 0.05) is 42.2 Å². The number of ether oxygens (including phenoxy) is 2. The topological polar surface area (TPSA) is 146 Å². The summed E-state index contributed by atoms with van der Waals surface area (Å²) in [5, 5.41) is 2.74. The molecule has 8 rings (SSSR count). The molecule has 17 heteroatoms. The molecule has 2 aromatic carbocycles. The number of rotatable bonds is 8. The minimum absolute atomic E-state index is 0. The van der Waals surface area contributed by atoms with Crippen molar-refractivity contribution in [1.29, 1.82) is 0 Å². The number of nitrogens with zero attached hydrogens (tertiary/aromatic N) is 4. The molecule has 340 valence electrons. The van der Waals surface area contributed by atoms with E-state index in [0.717, 1.165) is 90.2 Å². The largest absolute Gasteiger partial charge is 0.453 e. The van der Waals surface area contributed by atoms with Gasteiger partial charge in [0.15, 0.2) is 0 Å².